The van der Waals surface area contributed by atoms with Crippen molar-refractivity contribution in [2.24, 2.45) is 0 Å². The minimum atomic E-state index is -4.99. The first kappa shape index (κ1) is 22.4. The zero-order valence-electron chi connectivity index (χ0n) is 17.7. The number of aromatic nitrogens is 2. The van der Waals surface area contributed by atoms with Crippen LogP contribution < -0.4 is 10.6 Å². The van der Waals surface area contributed by atoms with Crippen molar-refractivity contribution in [1.82, 2.24) is 15.3 Å². The van der Waals surface area contributed by atoms with E-state index >= 15 is 0 Å². The molecule has 0 saturated heterocycles. The van der Waals surface area contributed by atoms with Gasteiger partial charge in [0, 0.05) is 34.2 Å². The molecule has 0 fully saturated rings. The molecule has 6 nitrogen and oxygen atoms in total. The number of nitrogens with one attached hydrogen (secondary N) is 4. The van der Waals surface area contributed by atoms with Crippen molar-refractivity contribution >= 4 is 39.3 Å². The fraction of sp³-hybridized carbons (Fsp3) is 0.217. The zero-order valence-corrected chi connectivity index (χ0v) is 17.7. The number of hydrogen-bond donors (Lipinski definition) is 4. The minimum absolute atomic E-state index is 0.0341. The first-order valence-corrected chi connectivity index (χ1v) is 10.1. The fourth-order valence-corrected chi connectivity index (χ4v) is 3.89. The number of fused-ring (bicyclic) bond motifs is 2. The van der Waals surface area contributed by atoms with Gasteiger partial charge in [0.2, 0.25) is 0 Å². The number of H-pyrrole nitrogens is 2. The van der Waals surface area contributed by atoms with Crippen LogP contribution in [0.15, 0.2) is 36.4 Å². The molecule has 0 bridgehead atoms. The van der Waals surface area contributed by atoms with Crippen LogP contribution in [0.5, 0.6) is 0 Å². The average molecular weight is 460 g/mol. The van der Waals surface area contributed by atoms with Gasteiger partial charge in [-0.15, -0.1) is 0 Å². The Kier molecular flexibility index (Phi) is 5.61. The highest BCUT2D eigenvalue weighted by atomic mass is 19.4. The van der Waals surface area contributed by atoms with Gasteiger partial charge in [-0.1, -0.05) is 6.07 Å². The molecule has 2 heterocycles. The highest BCUT2D eigenvalue weighted by Crippen LogP contribution is 2.28. The van der Waals surface area contributed by atoms with Crippen molar-refractivity contribution in [3.05, 3.63) is 64.7 Å². The van der Waals surface area contributed by atoms with Crippen molar-refractivity contribution < 1.29 is 27.2 Å². The summed E-state index contributed by atoms with van der Waals surface area (Å²) in [6, 6.07) is 8.75. The third-order valence-corrected chi connectivity index (χ3v) is 5.47. The smallest absolute Gasteiger partial charge is 0.356 e. The number of hydrogen-bond acceptors (Lipinski definition) is 2. The molecular formula is C23H20F4N4O2. The summed E-state index contributed by atoms with van der Waals surface area (Å²) >= 11 is 0. The second kappa shape index (κ2) is 8.27. The van der Waals surface area contributed by atoms with E-state index in [1.165, 1.54) is 30.3 Å². The molecule has 0 aliphatic carbocycles. The Bertz CT molecular complexity index is 1380. The van der Waals surface area contributed by atoms with Crippen LogP contribution in [0.1, 0.15) is 27.3 Å². The first-order chi connectivity index (χ1) is 15.5. The zero-order chi connectivity index (χ0) is 23.9. The Morgan fingerprint density at radius 3 is 2.52 bits per heavy atom. The molecule has 2 aromatic heterocycles. The van der Waals surface area contributed by atoms with Crippen LogP contribution in [0.2, 0.25) is 0 Å². The summed E-state index contributed by atoms with van der Waals surface area (Å²) in [5.74, 6) is -2.80. The molecule has 0 atom stereocenters. The molecule has 0 radical (unpaired) electrons. The average Bonchev–Trinajstić information content (AvgIpc) is 3.31. The van der Waals surface area contributed by atoms with Crippen molar-refractivity contribution in [1.29, 1.82) is 0 Å². The maximum absolute atomic E-state index is 14.1. The molecule has 0 spiro atoms. The van der Waals surface area contributed by atoms with Crippen LogP contribution in [0.3, 0.4) is 0 Å². The highest BCUT2D eigenvalue weighted by Gasteiger charge is 2.38. The van der Waals surface area contributed by atoms with E-state index in [1.807, 2.05) is 13.8 Å². The lowest BCUT2D eigenvalue weighted by molar-refractivity contribution is -0.167. The van der Waals surface area contributed by atoms with Gasteiger partial charge in [-0.3, -0.25) is 9.59 Å². The van der Waals surface area contributed by atoms with E-state index in [0.717, 1.165) is 22.2 Å². The predicted octanol–water partition coefficient (Wildman–Crippen LogP) is 4.88. The first-order valence-electron chi connectivity index (χ1n) is 10.1. The summed E-state index contributed by atoms with van der Waals surface area (Å²) < 4.78 is 51.4. The summed E-state index contributed by atoms with van der Waals surface area (Å²) in [6.07, 6.45) is -4.51. The number of aromatic amines is 2. The number of anilines is 1. The molecule has 33 heavy (non-hydrogen) atoms. The molecule has 4 N–H and O–H groups in total. The molecule has 0 unspecified atom stereocenters. The number of benzene rings is 2. The second-order valence-electron chi connectivity index (χ2n) is 7.79. The molecule has 0 saturated carbocycles. The molecule has 0 aliphatic heterocycles. The fourth-order valence-electron chi connectivity index (χ4n) is 3.89. The summed E-state index contributed by atoms with van der Waals surface area (Å²) in [7, 11) is 0. The van der Waals surface area contributed by atoms with Gasteiger partial charge in [-0.05, 0) is 61.7 Å². The number of halogens is 4. The van der Waals surface area contributed by atoms with E-state index in [9.17, 15) is 27.2 Å². The van der Waals surface area contributed by atoms with E-state index in [1.54, 1.807) is 11.4 Å². The normalized spacial score (nSPS) is 11.8. The number of amides is 2. The number of carbonyl (C=O) groups excluding carboxylic acids is 2. The summed E-state index contributed by atoms with van der Waals surface area (Å²) in [5, 5.41) is 5.85. The quantitative estimate of drug-likeness (QED) is 0.320. The lowest BCUT2D eigenvalue weighted by Gasteiger charge is -2.07. The van der Waals surface area contributed by atoms with Crippen LogP contribution in [-0.2, 0) is 11.2 Å². The number of alkyl halides is 3. The van der Waals surface area contributed by atoms with E-state index in [4.69, 9.17) is 0 Å². The molecule has 2 aromatic carbocycles. The topological polar surface area (TPSA) is 89.8 Å². The lowest BCUT2D eigenvalue weighted by Crippen LogP contribution is -2.29. The Labute approximate surface area is 185 Å². The number of carbonyl (C=O) groups is 2. The van der Waals surface area contributed by atoms with E-state index in [2.05, 4.69) is 15.3 Å². The van der Waals surface area contributed by atoms with Crippen LogP contribution in [0, 0.1) is 19.7 Å². The molecule has 4 rings (SSSR count). The van der Waals surface area contributed by atoms with Crippen LogP contribution in [0.25, 0.3) is 21.8 Å². The molecule has 0 aliphatic rings. The SMILES string of the molecule is Cc1[nH]c2c(F)ccc(C)c2c1CCNC(=O)c1cc2cc(NC(=O)C(F)(F)F)ccc2[nH]1. The lowest BCUT2D eigenvalue weighted by atomic mass is 10.0. The number of rotatable bonds is 5. The van der Waals surface area contributed by atoms with Crippen LogP contribution >= 0.6 is 0 Å². The molecule has 2 amide bonds. The van der Waals surface area contributed by atoms with Crippen molar-refractivity contribution in [3.63, 3.8) is 0 Å². The third-order valence-electron chi connectivity index (χ3n) is 5.47. The maximum atomic E-state index is 14.1. The van der Waals surface area contributed by atoms with Crippen molar-refractivity contribution in [3.8, 4) is 0 Å². The maximum Gasteiger partial charge on any atom is 0.471 e. The molecule has 4 aromatic rings. The van der Waals surface area contributed by atoms with Gasteiger partial charge >= 0.3 is 12.1 Å². The van der Waals surface area contributed by atoms with Gasteiger partial charge in [0.05, 0.1) is 5.52 Å². The van der Waals surface area contributed by atoms with Crippen LogP contribution in [0.4, 0.5) is 23.2 Å². The Morgan fingerprint density at radius 1 is 1.03 bits per heavy atom. The largest absolute Gasteiger partial charge is 0.471 e. The predicted molar refractivity (Wildman–Crippen MR) is 117 cm³/mol. The summed E-state index contributed by atoms with van der Waals surface area (Å²) in [4.78, 5) is 29.7. The van der Waals surface area contributed by atoms with E-state index in [0.29, 0.717) is 29.4 Å². The molecular weight excluding hydrogens is 440 g/mol. The molecule has 172 valence electrons. The van der Waals surface area contributed by atoms with Gasteiger partial charge in [0.1, 0.15) is 11.5 Å². The van der Waals surface area contributed by atoms with Crippen molar-refractivity contribution in [2.75, 3.05) is 11.9 Å². The van der Waals surface area contributed by atoms with Crippen molar-refractivity contribution in [2.45, 2.75) is 26.4 Å². The van der Waals surface area contributed by atoms with Gasteiger partial charge in [0.25, 0.3) is 5.91 Å². The van der Waals surface area contributed by atoms with E-state index in [-0.39, 0.29) is 17.2 Å². The van der Waals surface area contributed by atoms with E-state index < -0.39 is 18.0 Å². The van der Waals surface area contributed by atoms with Gasteiger partial charge in [0.15, 0.2) is 0 Å². The minimum Gasteiger partial charge on any atom is -0.356 e. The number of aryl methyl sites for hydroxylation is 2. The highest BCUT2D eigenvalue weighted by molar-refractivity contribution is 6.00. The van der Waals surface area contributed by atoms with Gasteiger partial charge in [-0.25, -0.2) is 4.39 Å². The monoisotopic (exact) mass is 460 g/mol. The third kappa shape index (κ3) is 4.41. The second-order valence-corrected chi connectivity index (χ2v) is 7.79. The summed E-state index contributed by atoms with van der Waals surface area (Å²) in [5.41, 5.74) is 3.84. The van der Waals surface area contributed by atoms with Gasteiger partial charge < -0.3 is 20.6 Å². The standard InChI is InChI=1S/C23H20F4N4O2/c1-11-3-5-16(24)20-19(11)15(12(2)29-20)7-8-28-21(32)18-10-13-9-14(4-6-17(13)31-18)30-22(33)23(25,26)27/h3-6,9-10,29,31H,7-8H2,1-2H3,(H,28,32)(H,30,33). The Balaban J connectivity index is 1.45. The van der Waals surface area contributed by atoms with Crippen LogP contribution in [-0.4, -0.2) is 34.5 Å². The summed E-state index contributed by atoms with van der Waals surface area (Å²) in [6.45, 7) is 4.04. The Morgan fingerprint density at radius 2 is 1.79 bits per heavy atom. The van der Waals surface area contributed by atoms with Gasteiger partial charge in [-0.2, -0.15) is 13.2 Å². The Hall–Kier alpha value is -3.82. The molecule has 10 heteroatoms.